The lowest BCUT2D eigenvalue weighted by Crippen LogP contribution is -2.30. The van der Waals surface area contributed by atoms with E-state index in [-0.39, 0.29) is 15.9 Å². The molecule has 1 aromatic heterocycles. The molecule has 1 aliphatic rings. The first-order chi connectivity index (χ1) is 6.70. The third-order valence-electron chi connectivity index (χ3n) is 1.85. The van der Waals surface area contributed by atoms with Gasteiger partial charge in [-0.1, -0.05) is 28.7 Å². The summed E-state index contributed by atoms with van der Waals surface area (Å²) in [4.78, 5) is 24.9. The quantitative estimate of drug-likeness (QED) is 0.362. The lowest BCUT2D eigenvalue weighted by atomic mass is 10.4. The Morgan fingerprint density at radius 2 is 1.93 bits per heavy atom. The van der Waals surface area contributed by atoms with Crippen molar-refractivity contribution in [3.8, 4) is 0 Å². The fourth-order valence-electron chi connectivity index (χ4n) is 1.19. The molecule has 0 bridgehead atoms. The van der Waals surface area contributed by atoms with Crippen LogP contribution in [-0.2, 0) is 9.59 Å². The van der Waals surface area contributed by atoms with E-state index < -0.39 is 0 Å². The first-order valence-corrected chi connectivity index (χ1v) is 6.05. The van der Waals surface area contributed by atoms with Gasteiger partial charge in [-0.15, -0.1) is 11.3 Å². The number of halogens is 1. The fourth-order valence-corrected chi connectivity index (χ4v) is 3.08. The molecule has 1 aliphatic heterocycles. The Morgan fingerprint density at radius 1 is 1.29 bits per heavy atom. The first-order valence-electron chi connectivity index (χ1n) is 3.93. The second-order valence-electron chi connectivity index (χ2n) is 2.73. The molecule has 0 radical (unpaired) electrons. The molecular formula is C9H6INO2S. The molecule has 1 atom stereocenters. The maximum Gasteiger partial charge on any atom is 0.254 e. The molecule has 72 valence electrons. The number of thiophene rings is 1. The van der Waals surface area contributed by atoms with Gasteiger partial charge in [0.15, 0.2) is 0 Å². The standard InChI is InChI=1S/C9H6INO2S/c10-9(6-2-1-5-14-6)11-7(12)3-4-8(11)13/h1-5,9H. The number of amides is 2. The lowest BCUT2D eigenvalue weighted by Gasteiger charge is -2.19. The van der Waals surface area contributed by atoms with Crippen LogP contribution in [0.5, 0.6) is 0 Å². The van der Waals surface area contributed by atoms with Gasteiger partial charge in [-0.2, -0.15) is 0 Å². The second kappa shape index (κ2) is 3.82. The third-order valence-corrected chi connectivity index (χ3v) is 4.42. The number of imide groups is 1. The third kappa shape index (κ3) is 1.61. The van der Waals surface area contributed by atoms with Crippen molar-refractivity contribution in [1.29, 1.82) is 0 Å². The van der Waals surface area contributed by atoms with Crippen molar-refractivity contribution in [3.05, 3.63) is 34.5 Å². The van der Waals surface area contributed by atoms with Crippen LogP contribution in [0.15, 0.2) is 29.7 Å². The minimum absolute atomic E-state index is 0.192. The largest absolute Gasteiger partial charge is 0.269 e. The Kier molecular flexibility index (Phi) is 2.69. The molecule has 2 heterocycles. The van der Waals surface area contributed by atoms with Crippen molar-refractivity contribution < 1.29 is 9.59 Å². The zero-order valence-corrected chi connectivity index (χ0v) is 9.99. The molecular weight excluding hydrogens is 313 g/mol. The molecule has 0 aromatic carbocycles. The summed E-state index contributed by atoms with van der Waals surface area (Å²) in [5.41, 5.74) is 0. The van der Waals surface area contributed by atoms with Crippen molar-refractivity contribution in [3.63, 3.8) is 0 Å². The van der Waals surface area contributed by atoms with Crippen LogP contribution in [0.2, 0.25) is 0 Å². The van der Waals surface area contributed by atoms with Crippen LogP contribution in [0.25, 0.3) is 0 Å². The Labute approximate surface area is 98.5 Å². The molecule has 0 aliphatic carbocycles. The summed E-state index contributed by atoms with van der Waals surface area (Å²) in [5.74, 6) is -0.467. The van der Waals surface area contributed by atoms with Crippen LogP contribution in [0, 0.1) is 0 Å². The molecule has 1 unspecified atom stereocenters. The maximum atomic E-state index is 11.3. The van der Waals surface area contributed by atoms with E-state index in [0.29, 0.717) is 0 Å². The lowest BCUT2D eigenvalue weighted by molar-refractivity contribution is -0.137. The number of rotatable bonds is 2. The van der Waals surface area contributed by atoms with Gasteiger partial charge in [-0.05, 0) is 11.4 Å². The predicted octanol–water partition coefficient (Wildman–Crippen LogP) is 2.11. The fraction of sp³-hybridized carbons (Fsp3) is 0.111. The monoisotopic (exact) mass is 319 g/mol. The van der Waals surface area contributed by atoms with Gasteiger partial charge in [0.2, 0.25) is 0 Å². The molecule has 0 saturated heterocycles. The average molecular weight is 319 g/mol. The Bertz CT molecular complexity index is 381. The number of hydrogen-bond acceptors (Lipinski definition) is 3. The minimum atomic E-state index is -0.234. The van der Waals surface area contributed by atoms with E-state index in [1.807, 2.05) is 17.5 Å². The number of hydrogen-bond donors (Lipinski definition) is 0. The highest BCUT2D eigenvalue weighted by Crippen LogP contribution is 2.32. The van der Waals surface area contributed by atoms with Gasteiger partial charge < -0.3 is 0 Å². The zero-order chi connectivity index (χ0) is 10.1. The summed E-state index contributed by atoms with van der Waals surface area (Å²) >= 11 is 3.63. The minimum Gasteiger partial charge on any atom is -0.269 e. The van der Waals surface area contributed by atoms with Crippen molar-refractivity contribution in [2.24, 2.45) is 0 Å². The topological polar surface area (TPSA) is 37.4 Å². The number of nitrogens with zero attached hydrogens (tertiary/aromatic N) is 1. The molecule has 2 rings (SSSR count). The highest BCUT2D eigenvalue weighted by Gasteiger charge is 2.30. The van der Waals surface area contributed by atoms with Crippen LogP contribution in [0.3, 0.4) is 0 Å². The summed E-state index contributed by atoms with van der Waals surface area (Å²) in [6.07, 6.45) is 2.61. The van der Waals surface area contributed by atoms with Gasteiger partial charge in [0.1, 0.15) is 4.05 Å². The van der Waals surface area contributed by atoms with E-state index in [9.17, 15) is 9.59 Å². The zero-order valence-electron chi connectivity index (χ0n) is 7.01. The first kappa shape index (κ1) is 9.85. The Morgan fingerprint density at radius 3 is 2.43 bits per heavy atom. The predicted molar refractivity (Wildman–Crippen MR) is 62.1 cm³/mol. The molecule has 2 amide bonds. The molecule has 0 fully saturated rings. The van der Waals surface area contributed by atoms with E-state index in [2.05, 4.69) is 22.6 Å². The van der Waals surface area contributed by atoms with Gasteiger partial charge >= 0.3 is 0 Å². The molecule has 14 heavy (non-hydrogen) atoms. The summed E-state index contributed by atoms with van der Waals surface area (Å²) in [6.45, 7) is 0. The van der Waals surface area contributed by atoms with E-state index in [1.165, 1.54) is 17.1 Å². The van der Waals surface area contributed by atoms with Crippen LogP contribution >= 0.6 is 33.9 Å². The van der Waals surface area contributed by atoms with Crippen LogP contribution in [0.1, 0.15) is 8.93 Å². The van der Waals surface area contributed by atoms with E-state index in [0.717, 1.165) is 4.88 Å². The Balaban J connectivity index is 2.24. The summed E-state index contributed by atoms with van der Waals surface area (Å²) in [6, 6.07) is 3.82. The van der Waals surface area contributed by atoms with Crippen molar-refractivity contribution in [1.82, 2.24) is 4.90 Å². The van der Waals surface area contributed by atoms with Crippen molar-refractivity contribution in [2.75, 3.05) is 0 Å². The highest BCUT2D eigenvalue weighted by atomic mass is 127. The molecule has 0 spiro atoms. The van der Waals surface area contributed by atoms with Gasteiger partial charge in [-0.25, -0.2) is 0 Å². The van der Waals surface area contributed by atoms with Gasteiger partial charge in [0.25, 0.3) is 11.8 Å². The van der Waals surface area contributed by atoms with Crippen molar-refractivity contribution in [2.45, 2.75) is 4.05 Å². The molecule has 0 saturated carbocycles. The van der Waals surface area contributed by atoms with E-state index >= 15 is 0 Å². The van der Waals surface area contributed by atoms with E-state index in [4.69, 9.17) is 0 Å². The number of carbonyl (C=O) groups is 2. The van der Waals surface area contributed by atoms with Gasteiger partial charge in [-0.3, -0.25) is 14.5 Å². The van der Waals surface area contributed by atoms with Crippen LogP contribution in [0.4, 0.5) is 0 Å². The van der Waals surface area contributed by atoms with Gasteiger partial charge in [0.05, 0.1) is 0 Å². The Hall–Kier alpha value is -0.690. The second-order valence-corrected chi connectivity index (χ2v) is 4.89. The molecule has 1 aromatic rings. The molecule has 5 heteroatoms. The SMILES string of the molecule is O=C1C=CC(=O)N1C(I)c1cccs1. The summed E-state index contributed by atoms with van der Waals surface area (Å²) in [5, 5.41) is 1.93. The molecule has 3 nitrogen and oxygen atoms in total. The summed E-state index contributed by atoms with van der Waals surface area (Å²) < 4.78 is -0.192. The highest BCUT2D eigenvalue weighted by molar-refractivity contribution is 14.1. The average Bonchev–Trinajstić information content (AvgIpc) is 2.75. The number of alkyl halides is 1. The summed E-state index contributed by atoms with van der Waals surface area (Å²) in [7, 11) is 0. The van der Waals surface area contributed by atoms with Gasteiger partial charge in [0, 0.05) is 17.0 Å². The number of carbonyl (C=O) groups excluding carboxylic acids is 2. The molecule has 0 N–H and O–H groups in total. The van der Waals surface area contributed by atoms with Crippen molar-refractivity contribution >= 4 is 45.7 Å². The van der Waals surface area contributed by atoms with Crippen LogP contribution in [-0.4, -0.2) is 16.7 Å². The maximum absolute atomic E-state index is 11.3. The normalized spacial score (nSPS) is 17.9. The smallest absolute Gasteiger partial charge is 0.254 e. The van der Waals surface area contributed by atoms with E-state index in [1.54, 1.807) is 11.3 Å². The van der Waals surface area contributed by atoms with Crippen LogP contribution < -0.4 is 0 Å².